The monoisotopic (exact) mass is 559 g/mol. The van der Waals surface area contributed by atoms with Gasteiger partial charge in [-0.25, -0.2) is 13.4 Å². The molecule has 0 aliphatic heterocycles. The van der Waals surface area contributed by atoms with E-state index < -0.39 is 10.0 Å². The van der Waals surface area contributed by atoms with Crippen LogP contribution in [0.3, 0.4) is 0 Å². The van der Waals surface area contributed by atoms with Gasteiger partial charge in [-0.15, -0.1) is 0 Å². The first-order valence-electron chi connectivity index (χ1n) is 11.5. The summed E-state index contributed by atoms with van der Waals surface area (Å²) < 4.78 is 41.0. The van der Waals surface area contributed by atoms with Gasteiger partial charge in [-0.05, 0) is 68.5 Å². The molecule has 0 fully saturated rings. The van der Waals surface area contributed by atoms with Crippen molar-refractivity contribution in [2.24, 2.45) is 0 Å². The number of fused-ring (bicyclic) bond motifs is 1. The molecule has 0 aliphatic carbocycles. The third-order valence-corrected chi connectivity index (χ3v) is 7.84. The van der Waals surface area contributed by atoms with E-state index in [1.165, 1.54) is 6.07 Å². The zero-order valence-electron chi connectivity index (χ0n) is 20.7. The Morgan fingerprint density at radius 3 is 2.51 bits per heavy atom. The summed E-state index contributed by atoms with van der Waals surface area (Å²) in [6.45, 7) is 3.01. The number of ether oxygens (including phenoxy) is 2. The lowest BCUT2D eigenvalue weighted by molar-refractivity contribution is 0.260. The van der Waals surface area contributed by atoms with Crippen molar-refractivity contribution in [3.63, 3.8) is 0 Å². The molecule has 0 aliphatic rings. The number of rotatable bonds is 10. The van der Waals surface area contributed by atoms with Gasteiger partial charge in [0.2, 0.25) is 5.88 Å². The number of aromatic nitrogens is 1. The van der Waals surface area contributed by atoms with E-state index >= 15 is 0 Å². The van der Waals surface area contributed by atoms with Crippen molar-refractivity contribution in [3.8, 4) is 11.6 Å². The quantitative estimate of drug-likeness (QED) is 0.250. The summed E-state index contributed by atoms with van der Waals surface area (Å²) in [6.07, 6.45) is 0. The van der Waals surface area contributed by atoms with Crippen molar-refractivity contribution >= 4 is 49.8 Å². The second kappa shape index (κ2) is 11.6. The summed E-state index contributed by atoms with van der Waals surface area (Å²) in [5.74, 6) is 0.695. The SMILES string of the molecule is Cc1c(Cl)cccc1S(=O)(=O)Nc1cc2ccccc2nc1OCc1ccc(Cl)c(OCCN(C)C)c1. The van der Waals surface area contributed by atoms with E-state index in [4.69, 9.17) is 32.7 Å². The molecule has 3 aromatic carbocycles. The molecule has 1 aromatic heterocycles. The normalized spacial score (nSPS) is 11.6. The zero-order chi connectivity index (χ0) is 26.6. The second-order valence-corrected chi connectivity index (χ2v) is 11.2. The molecule has 4 rings (SSSR count). The van der Waals surface area contributed by atoms with Crippen LogP contribution in [0.1, 0.15) is 11.1 Å². The maximum atomic E-state index is 13.3. The van der Waals surface area contributed by atoms with Gasteiger partial charge < -0.3 is 14.4 Å². The number of hydrogen-bond donors (Lipinski definition) is 1. The van der Waals surface area contributed by atoms with E-state index in [1.54, 1.807) is 37.3 Å². The highest BCUT2D eigenvalue weighted by molar-refractivity contribution is 7.92. The standard InChI is InChI=1S/C27H27Cl2N3O4S/c1-18-21(28)8-6-10-26(18)37(33,34)31-24-16-20-7-4-5-9-23(20)30-27(24)36-17-19-11-12-22(29)25(15-19)35-14-13-32(2)3/h4-12,15-16,31H,13-14,17H2,1-3H3. The third-order valence-electron chi connectivity index (χ3n) is 5.61. The van der Waals surface area contributed by atoms with Crippen LogP contribution in [0.2, 0.25) is 10.0 Å². The van der Waals surface area contributed by atoms with Crippen molar-refractivity contribution in [1.82, 2.24) is 9.88 Å². The molecule has 0 saturated carbocycles. The highest BCUT2D eigenvalue weighted by Gasteiger charge is 2.21. The third kappa shape index (κ3) is 6.64. The average Bonchev–Trinajstić information content (AvgIpc) is 2.85. The van der Waals surface area contributed by atoms with E-state index in [0.29, 0.717) is 33.5 Å². The van der Waals surface area contributed by atoms with Crippen molar-refractivity contribution in [2.75, 3.05) is 32.0 Å². The van der Waals surface area contributed by atoms with Crippen LogP contribution in [0.4, 0.5) is 5.69 Å². The molecule has 194 valence electrons. The van der Waals surface area contributed by atoms with Crippen LogP contribution in [0.15, 0.2) is 71.6 Å². The summed E-state index contributed by atoms with van der Waals surface area (Å²) in [5, 5.41) is 1.62. The molecule has 0 amide bonds. The molecule has 0 unspecified atom stereocenters. The molecule has 1 N–H and O–H groups in total. The fourth-order valence-corrected chi connectivity index (χ4v) is 5.32. The van der Waals surface area contributed by atoms with E-state index in [2.05, 4.69) is 9.71 Å². The number of sulfonamides is 1. The molecular formula is C27H27Cl2N3O4S. The van der Waals surface area contributed by atoms with Crippen molar-refractivity contribution in [2.45, 2.75) is 18.4 Å². The minimum Gasteiger partial charge on any atom is -0.491 e. The Balaban J connectivity index is 1.62. The van der Waals surface area contributed by atoms with Crippen LogP contribution in [-0.2, 0) is 16.6 Å². The molecule has 7 nitrogen and oxygen atoms in total. The van der Waals surface area contributed by atoms with Gasteiger partial charge in [-0.2, -0.15) is 0 Å². The molecule has 37 heavy (non-hydrogen) atoms. The number of pyridine rings is 1. The lowest BCUT2D eigenvalue weighted by Crippen LogP contribution is -2.19. The van der Waals surface area contributed by atoms with Gasteiger partial charge >= 0.3 is 0 Å². The minimum absolute atomic E-state index is 0.0799. The van der Waals surface area contributed by atoms with Gasteiger partial charge in [-0.1, -0.05) is 53.5 Å². The average molecular weight is 561 g/mol. The second-order valence-electron chi connectivity index (χ2n) is 8.71. The summed E-state index contributed by atoms with van der Waals surface area (Å²) in [4.78, 5) is 6.67. The molecule has 1 heterocycles. The number of nitrogens with zero attached hydrogens (tertiary/aromatic N) is 2. The molecule has 4 aromatic rings. The van der Waals surface area contributed by atoms with Crippen LogP contribution in [0.25, 0.3) is 10.9 Å². The van der Waals surface area contributed by atoms with Crippen molar-refractivity contribution in [3.05, 3.63) is 87.9 Å². The Kier molecular flexibility index (Phi) is 8.44. The number of anilines is 1. The van der Waals surface area contributed by atoms with Crippen LogP contribution >= 0.6 is 23.2 Å². The summed E-state index contributed by atoms with van der Waals surface area (Å²) in [5.41, 5.74) is 2.13. The minimum atomic E-state index is -3.97. The van der Waals surface area contributed by atoms with E-state index in [9.17, 15) is 8.42 Å². The first-order chi connectivity index (χ1) is 17.6. The Hall–Kier alpha value is -3.04. The Morgan fingerprint density at radius 2 is 1.73 bits per heavy atom. The number of hydrogen-bond acceptors (Lipinski definition) is 6. The first kappa shape index (κ1) is 27.0. The molecule has 0 saturated heterocycles. The number of para-hydroxylation sites is 1. The molecule has 0 spiro atoms. The van der Waals surface area contributed by atoms with Crippen LogP contribution in [-0.4, -0.2) is 45.5 Å². The number of nitrogens with one attached hydrogen (secondary N) is 1. The van der Waals surface area contributed by atoms with Crippen LogP contribution in [0.5, 0.6) is 11.6 Å². The number of benzene rings is 3. The Bertz CT molecular complexity index is 1530. The summed E-state index contributed by atoms with van der Waals surface area (Å²) >= 11 is 12.5. The molecular weight excluding hydrogens is 533 g/mol. The van der Waals surface area contributed by atoms with Gasteiger partial charge in [0, 0.05) is 17.0 Å². The van der Waals surface area contributed by atoms with Gasteiger partial charge in [0.25, 0.3) is 10.0 Å². The van der Waals surface area contributed by atoms with Crippen LogP contribution < -0.4 is 14.2 Å². The van der Waals surface area contributed by atoms with Gasteiger partial charge in [0.05, 0.1) is 15.4 Å². The fraction of sp³-hybridized carbons (Fsp3) is 0.222. The van der Waals surface area contributed by atoms with Gasteiger partial charge in [0.15, 0.2) is 0 Å². The maximum absolute atomic E-state index is 13.3. The van der Waals surface area contributed by atoms with Gasteiger partial charge in [-0.3, -0.25) is 4.72 Å². The highest BCUT2D eigenvalue weighted by atomic mass is 35.5. The molecule has 0 bridgehead atoms. The summed E-state index contributed by atoms with van der Waals surface area (Å²) in [6, 6.07) is 19.2. The maximum Gasteiger partial charge on any atom is 0.262 e. The topological polar surface area (TPSA) is 80.8 Å². The predicted molar refractivity (Wildman–Crippen MR) is 149 cm³/mol. The number of likely N-dealkylation sites (N-methyl/N-ethyl adjacent to an activating group) is 1. The van der Waals surface area contributed by atoms with Crippen molar-refractivity contribution in [1.29, 1.82) is 0 Å². The molecule has 10 heteroatoms. The first-order valence-corrected chi connectivity index (χ1v) is 13.7. The smallest absolute Gasteiger partial charge is 0.262 e. The van der Waals surface area contributed by atoms with E-state index in [0.717, 1.165) is 17.5 Å². The lowest BCUT2D eigenvalue weighted by Gasteiger charge is -2.16. The molecule has 0 atom stereocenters. The van der Waals surface area contributed by atoms with Crippen molar-refractivity contribution < 1.29 is 17.9 Å². The van der Waals surface area contributed by atoms with E-state index in [1.807, 2.05) is 49.3 Å². The Morgan fingerprint density at radius 1 is 0.946 bits per heavy atom. The van der Waals surface area contributed by atoms with E-state index in [-0.39, 0.29) is 23.1 Å². The van der Waals surface area contributed by atoms with Gasteiger partial charge in [0.1, 0.15) is 24.7 Å². The summed E-state index contributed by atoms with van der Waals surface area (Å²) in [7, 11) is -0.0389. The highest BCUT2D eigenvalue weighted by Crippen LogP contribution is 2.32. The molecule has 0 radical (unpaired) electrons. The number of halogens is 2. The predicted octanol–water partition coefficient (Wildman–Crippen LogP) is 6.17. The Labute approximate surface area is 227 Å². The zero-order valence-corrected chi connectivity index (χ0v) is 23.0. The largest absolute Gasteiger partial charge is 0.491 e. The fourth-order valence-electron chi connectivity index (χ4n) is 3.60. The van der Waals surface area contributed by atoms with Crippen LogP contribution in [0, 0.1) is 6.92 Å². The lowest BCUT2D eigenvalue weighted by atomic mass is 10.2.